The van der Waals surface area contributed by atoms with Gasteiger partial charge in [-0.05, 0) is 78.7 Å². The highest BCUT2D eigenvalue weighted by Gasteiger charge is 2.23. The molecule has 2 aromatic rings. The van der Waals surface area contributed by atoms with Gasteiger partial charge in [-0.15, -0.1) is 0 Å². The molecule has 1 atom stereocenters. The number of unbranched alkanes of at least 4 members (excludes halogenated alkanes) is 3. The summed E-state index contributed by atoms with van der Waals surface area (Å²) in [6.45, 7) is 4.66. The van der Waals surface area contributed by atoms with E-state index in [0.717, 1.165) is 5.56 Å². The lowest BCUT2D eigenvalue weighted by Crippen LogP contribution is -2.12. The zero-order valence-electron chi connectivity index (χ0n) is 17.7. The Kier molecular flexibility index (Phi) is 7.72. The summed E-state index contributed by atoms with van der Waals surface area (Å²) >= 11 is 0. The molecular formula is C27H35N. The summed E-state index contributed by atoms with van der Waals surface area (Å²) in [5.41, 5.74) is 5.20. The van der Waals surface area contributed by atoms with Crippen LogP contribution in [0.25, 0.3) is 0 Å². The van der Waals surface area contributed by atoms with Gasteiger partial charge in [-0.2, -0.15) is 5.26 Å². The third-order valence-corrected chi connectivity index (χ3v) is 6.71. The SMILES string of the molecule is CCCCCCC(C)c1ccc([C@H]2CC[C@H](c3ccc(C#N)cc3)CC2)cc1. The standard InChI is InChI=1S/C27H35N/c1-3-4-5-6-7-21(2)23-12-14-25(15-13-23)27-18-16-26(17-19-27)24-10-8-22(20-28)9-11-24/h8-15,21,26-27H,3-7,16-19H2,1-2H3/t21?,26-,27-. The summed E-state index contributed by atoms with van der Waals surface area (Å²) < 4.78 is 0. The Morgan fingerprint density at radius 2 is 1.36 bits per heavy atom. The minimum absolute atomic E-state index is 0.659. The Morgan fingerprint density at radius 1 is 0.821 bits per heavy atom. The first-order chi connectivity index (χ1) is 13.7. The molecular weight excluding hydrogens is 338 g/mol. The Labute approximate surface area is 171 Å². The van der Waals surface area contributed by atoms with E-state index in [4.69, 9.17) is 5.26 Å². The van der Waals surface area contributed by atoms with E-state index < -0.39 is 0 Å². The Balaban J connectivity index is 1.50. The van der Waals surface area contributed by atoms with Crippen LogP contribution in [-0.2, 0) is 0 Å². The van der Waals surface area contributed by atoms with Crippen LogP contribution >= 0.6 is 0 Å². The lowest BCUT2D eigenvalue weighted by Gasteiger charge is -2.29. The summed E-state index contributed by atoms with van der Waals surface area (Å²) in [5, 5.41) is 8.97. The minimum Gasteiger partial charge on any atom is -0.192 e. The quantitative estimate of drug-likeness (QED) is 0.429. The Morgan fingerprint density at radius 3 is 1.86 bits per heavy atom. The fourth-order valence-corrected chi connectivity index (χ4v) is 4.73. The topological polar surface area (TPSA) is 23.8 Å². The van der Waals surface area contributed by atoms with Crippen molar-refractivity contribution in [1.82, 2.24) is 0 Å². The lowest BCUT2D eigenvalue weighted by molar-refractivity contribution is 0.396. The van der Waals surface area contributed by atoms with Crippen LogP contribution in [0.15, 0.2) is 48.5 Å². The number of nitriles is 1. The van der Waals surface area contributed by atoms with E-state index >= 15 is 0 Å². The van der Waals surface area contributed by atoms with Crippen LogP contribution in [0.1, 0.15) is 112 Å². The third kappa shape index (κ3) is 5.48. The van der Waals surface area contributed by atoms with Crippen LogP contribution < -0.4 is 0 Å². The highest BCUT2D eigenvalue weighted by molar-refractivity contribution is 5.34. The lowest BCUT2D eigenvalue weighted by atomic mass is 9.76. The summed E-state index contributed by atoms with van der Waals surface area (Å²) in [5.74, 6) is 2.05. The van der Waals surface area contributed by atoms with Gasteiger partial charge in [0, 0.05) is 0 Å². The van der Waals surface area contributed by atoms with Crippen LogP contribution in [0, 0.1) is 11.3 Å². The highest BCUT2D eigenvalue weighted by atomic mass is 14.3. The Hall–Kier alpha value is -2.07. The van der Waals surface area contributed by atoms with Crippen LogP contribution in [0.4, 0.5) is 0 Å². The molecule has 3 rings (SSSR count). The molecule has 0 bridgehead atoms. The smallest absolute Gasteiger partial charge is 0.0991 e. The van der Waals surface area contributed by atoms with Gasteiger partial charge in [-0.3, -0.25) is 0 Å². The minimum atomic E-state index is 0.659. The van der Waals surface area contributed by atoms with Crippen molar-refractivity contribution in [3.05, 3.63) is 70.8 Å². The van der Waals surface area contributed by atoms with E-state index in [1.54, 1.807) is 0 Å². The zero-order valence-corrected chi connectivity index (χ0v) is 17.7. The van der Waals surface area contributed by atoms with Crippen LogP contribution in [0.2, 0.25) is 0 Å². The van der Waals surface area contributed by atoms with Gasteiger partial charge in [-0.1, -0.05) is 75.9 Å². The molecule has 0 aliphatic heterocycles. The molecule has 1 fully saturated rings. The predicted octanol–water partition coefficient (Wildman–Crippen LogP) is 8.07. The molecule has 0 radical (unpaired) electrons. The van der Waals surface area contributed by atoms with E-state index in [9.17, 15) is 0 Å². The van der Waals surface area contributed by atoms with Gasteiger partial charge < -0.3 is 0 Å². The van der Waals surface area contributed by atoms with Gasteiger partial charge in [0.1, 0.15) is 0 Å². The summed E-state index contributed by atoms with van der Waals surface area (Å²) in [6.07, 6.45) is 11.8. The maximum absolute atomic E-state index is 8.97. The van der Waals surface area contributed by atoms with E-state index in [1.165, 1.54) is 74.5 Å². The predicted molar refractivity (Wildman–Crippen MR) is 119 cm³/mol. The van der Waals surface area contributed by atoms with Crippen LogP contribution in [0.3, 0.4) is 0 Å². The highest BCUT2D eigenvalue weighted by Crippen LogP contribution is 2.40. The fourth-order valence-electron chi connectivity index (χ4n) is 4.73. The van der Waals surface area contributed by atoms with Crippen molar-refractivity contribution in [2.45, 2.75) is 89.4 Å². The second-order valence-corrected chi connectivity index (χ2v) is 8.70. The molecule has 28 heavy (non-hydrogen) atoms. The maximum Gasteiger partial charge on any atom is 0.0991 e. The molecule has 1 saturated carbocycles. The van der Waals surface area contributed by atoms with Crippen LogP contribution in [-0.4, -0.2) is 0 Å². The van der Waals surface area contributed by atoms with Gasteiger partial charge in [0.05, 0.1) is 11.6 Å². The average Bonchev–Trinajstić information content (AvgIpc) is 2.77. The summed E-state index contributed by atoms with van der Waals surface area (Å²) in [7, 11) is 0. The number of nitrogens with zero attached hydrogens (tertiary/aromatic N) is 1. The molecule has 0 spiro atoms. The first kappa shape index (κ1) is 20.7. The zero-order chi connectivity index (χ0) is 19.8. The second-order valence-electron chi connectivity index (χ2n) is 8.70. The molecule has 0 heterocycles. The number of hydrogen-bond donors (Lipinski definition) is 0. The average molecular weight is 374 g/mol. The van der Waals surface area contributed by atoms with E-state index in [1.807, 2.05) is 12.1 Å². The van der Waals surface area contributed by atoms with E-state index in [-0.39, 0.29) is 0 Å². The van der Waals surface area contributed by atoms with Gasteiger partial charge in [-0.25, -0.2) is 0 Å². The van der Waals surface area contributed by atoms with Gasteiger partial charge >= 0.3 is 0 Å². The summed E-state index contributed by atoms with van der Waals surface area (Å²) in [6, 6.07) is 20.0. The molecule has 1 aliphatic rings. The third-order valence-electron chi connectivity index (χ3n) is 6.71. The van der Waals surface area contributed by atoms with E-state index in [0.29, 0.717) is 17.8 Å². The largest absolute Gasteiger partial charge is 0.192 e. The number of hydrogen-bond acceptors (Lipinski definition) is 1. The van der Waals surface area contributed by atoms with Gasteiger partial charge in [0.2, 0.25) is 0 Å². The molecule has 0 N–H and O–H groups in total. The molecule has 1 unspecified atom stereocenters. The fraction of sp³-hybridized carbons (Fsp3) is 0.519. The normalized spacial score (nSPS) is 20.5. The molecule has 148 valence electrons. The molecule has 0 aromatic heterocycles. The molecule has 2 aromatic carbocycles. The van der Waals surface area contributed by atoms with Crippen molar-refractivity contribution in [3.63, 3.8) is 0 Å². The molecule has 1 heteroatoms. The first-order valence-electron chi connectivity index (χ1n) is 11.3. The Bertz CT molecular complexity index is 742. The number of rotatable bonds is 8. The van der Waals surface area contributed by atoms with Crippen molar-refractivity contribution in [1.29, 1.82) is 5.26 Å². The van der Waals surface area contributed by atoms with Crippen molar-refractivity contribution in [2.75, 3.05) is 0 Å². The van der Waals surface area contributed by atoms with E-state index in [2.05, 4.69) is 56.3 Å². The van der Waals surface area contributed by atoms with Gasteiger partial charge in [0.15, 0.2) is 0 Å². The molecule has 0 saturated heterocycles. The molecule has 1 nitrogen and oxygen atoms in total. The monoisotopic (exact) mass is 373 g/mol. The first-order valence-corrected chi connectivity index (χ1v) is 11.3. The summed E-state index contributed by atoms with van der Waals surface area (Å²) in [4.78, 5) is 0. The molecule has 0 amide bonds. The molecule has 1 aliphatic carbocycles. The van der Waals surface area contributed by atoms with Crippen molar-refractivity contribution >= 4 is 0 Å². The van der Waals surface area contributed by atoms with Crippen molar-refractivity contribution < 1.29 is 0 Å². The van der Waals surface area contributed by atoms with Crippen LogP contribution in [0.5, 0.6) is 0 Å². The van der Waals surface area contributed by atoms with Gasteiger partial charge in [0.25, 0.3) is 0 Å². The number of benzene rings is 2. The second kappa shape index (κ2) is 10.5. The maximum atomic E-state index is 8.97. The van der Waals surface area contributed by atoms with Crippen molar-refractivity contribution in [2.24, 2.45) is 0 Å². The van der Waals surface area contributed by atoms with Crippen molar-refractivity contribution in [3.8, 4) is 6.07 Å².